The molecule has 8 heteroatoms. The Kier molecular flexibility index (Phi) is 5.05. The Morgan fingerprint density at radius 3 is 2.68 bits per heavy atom. The molecule has 0 amide bonds. The lowest BCUT2D eigenvalue weighted by Gasteiger charge is -2.30. The Morgan fingerprint density at radius 2 is 2.09 bits per heavy atom. The Morgan fingerprint density at radius 1 is 1.36 bits per heavy atom. The first kappa shape index (κ1) is 16.7. The second kappa shape index (κ2) is 6.64. The summed E-state index contributed by atoms with van der Waals surface area (Å²) in [5, 5.41) is 0. The van der Waals surface area contributed by atoms with Gasteiger partial charge in [-0.25, -0.2) is 13.2 Å². The van der Waals surface area contributed by atoms with Gasteiger partial charge < -0.3 is 15.2 Å². The fourth-order valence-corrected chi connectivity index (χ4v) is 4.00. The van der Waals surface area contributed by atoms with E-state index in [4.69, 9.17) is 10.5 Å². The first-order chi connectivity index (χ1) is 10.4. The molecule has 7 nitrogen and oxygen atoms in total. The van der Waals surface area contributed by atoms with Crippen LogP contribution in [0.4, 0.5) is 0 Å². The van der Waals surface area contributed by atoms with Crippen LogP contribution in [-0.2, 0) is 14.8 Å². The molecule has 2 N–H and O–H groups in total. The van der Waals surface area contributed by atoms with Crippen molar-refractivity contribution in [2.24, 2.45) is 5.73 Å². The summed E-state index contributed by atoms with van der Waals surface area (Å²) in [4.78, 5) is 11.7. The van der Waals surface area contributed by atoms with Crippen LogP contribution >= 0.6 is 0 Å². The number of rotatable bonds is 4. The van der Waals surface area contributed by atoms with E-state index in [1.807, 2.05) is 0 Å². The summed E-state index contributed by atoms with van der Waals surface area (Å²) in [6, 6.07) is 3.95. The van der Waals surface area contributed by atoms with Crippen LogP contribution in [0.3, 0.4) is 0 Å². The molecule has 1 unspecified atom stereocenters. The molecular weight excluding hydrogens is 308 g/mol. The Balaban J connectivity index is 2.37. The zero-order valence-electron chi connectivity index (χ0n) is 12.6. The van der Waals surface area contributed by atoms with Crippen LogP contribution < -0.4 is 10.5 Å². The topological polar surface area (TPSA) is 98.9 Å². The Hall–Kier alpha value is -1.64. The van der Waals surface area contributed by atoms with Crippen molar-refractivity contribution in [1.82, 2.24) is 4.31 Å². The summed E-state index contributed by atoms with van der Waals surface area (Å²) < 4.78 is 36.4. The second-order valence-corrected chi connectivity index (χ2v) is 7.06. The molecule has 1 aliphatic rings. The van der Waals surface area contributed by atoms with Gasteiger partial charge in [0.2, 0.25) is 10.0 Å². The van der Waals surface area contributed by atoms with Crippen LogP contribution in [0.15, 0.2) is 23.1 Å². The predicted octanol–water partition coefficient (Wildman–Crippen LogP) is 0.594. The first-order valence-corrected chi connectivity index (χ1v) is 8.36. The summed E-state index contributed by atoms with van der Waals surface area (Å²) in [5.41, 5.74) is 6.03. The van der Waals surface area contributed by atoms with E-state index in [0.29, 0.717) is 13.1 Å². The largest absolute Gasteiger partial charge is 0.496 e. The van der Waals surface area contributed by atoms with E-state index in [-0.39, 0.29) is 22.3 Å². The highest BCUT2D eigenvalue weighted by Gasteiger charge is 2.30. The molecule has 1 aromatic rings. The van der Waals surface area contributed by atoms with Crippen molar-refractivity contribution >= 4 is 16.0 Å². The molecule has 0 radical (unpaired) electrons. The molecule has 0 aliphatic carbocycles. The highest BCUT2D eigenvalue weighted by Crippen LogP contribution is 2.27. The van der Waals surface area contributed by atoms with Gasteiger partial charge in [0.15, 0.2) is 0 Å². The van der Waals surface area contributed by atoms with Crippen molar-refractivity contribution in [2.45, 2.75) is 23.8 Å². The highest BCUT2D eigenvalue weighted by molar-refractivity contribution is 7.89. The number of carbonyl (C=O) groups excluding carboxylic acids is 1. The molecule has 1 saturated heterocycles. The molecule has 0 spiro atoms. The van der Waals surface area contributed by atoms with Gasteiger partial charge in [-0.2, -0.15) is 4.31 Å². The molecular formula is C14H20N2O5S. The number of methoxy groups -OCH3 is 2. The van der Waals surface area contributed by atoms with Gasteiger partial charge in [0.25, 0.3) is 0 Å². The van der Waals surface area contributed by atoms with Gasteiger partial charge in [-0.3, -0.25) is 0 Å². The lowest BCUT2D eigenvalue weighted by Crippen LogP contribution is -2.45. The van der Waals surface area contributed by atoms with Crippen LogP contribution in [0.1, 0.15) is 23.2 Å². The summed E-state index contributed by atoms with van der Waals surface area (Å²) in [6.45, 7) is 0.737. The number of carbonyl (C=O) groups is 1. The van der Waals surface area contributed by atoms with Gasteiger partial charge in [-0.05, 0) is 25.0 Å². The van der Waals surface area contributed by atoms with Gasteiger partial charge in [0.05, 0.1) is 19.1 Å². The van der Waals surface area contributed by atoms with E-state index in [2.05, 4.69) is 4.74 Å². The summed E-state index contributed by atoms with van der Waals surface area (Å²) in [6.07, 6.45) is 1.55. The highest BCUT2D eigenvalue weighted by atomic mass is 32.2. The second-order valence-electron chi connectivity index (χ2n) is 5.12. The van der Waals surface area contributed by atoms with E-state index in [1.54, 1.807) is 0 Å². The molecule has 0 bridgehead atoms. The quantitative estimate of drug-likeness (QED) is 0.812. The third kappa shape index (κ3) is 3.23. The Labute approximate surface area is 130 Å². The third-order valence-corrected chi connectivity index (χ3v) is 5.50. The fourth-order valence-electron chi connectivity index (χ4n) is 2.45. The normalized spacial score (nSPS) is 19.7. The number of sulfonamides is 1. The molecule has 0 aromatic heterocycles. The van der Waals surface area contributed by atoms with E-state index in [0.717, 1.165) is 12.8 Å². The van der Waals surface area contributed by atoms with Crippen molar-refractivity contribution < 1.29 is 22.7 Å². The van der Waals surface area contributed by atoms with Crippen molar-refractivity contribution in [1.29, 1.82) is 0 Å². The fraction of sp³-hybridized carbons (Fsp3) is 0.500. The molecule has 0 saturated carbocycles. The van der Waals surface area contributed by atoms with Crippen LogP contribution in [0.5, 0.6) is 5.75 Å². The number of nitrogens with two attached hydrogens (primary N) is 1. The first-order valence-electron chi connectivity index (χ1n) is 6.92. The maximum absolute atomic E-state index is 12.7. The standard InChI is InChI=1S/C14H20N2O5S/c1-20-13-8-11(5-6-12(13)14(17)21-2)22(18,19)16-7-3-4-10(15)9-16/h5-6,8,10H,3-4,7,9,15H2,1-2H3. The Bertz CT molecular complexity index is 659. The molecule has 1 aromatic carbocycles. The number of benzene rings is 1. The molecule has 1 heterocycles. The van der Waals surface area contributed by atoms with E-state index < -0.39 is 16.0 Å². The van der Waals surface area contributed by atoms with E-state index in [1.165, 1.54) is 36.7 Å². The van der Waals surface area contributed by atoms with Crippen LogP contribution in [0, 0.1) is 0 Å². The van der Waals surface area contributed by atoms with E-state index >= 15 is 0 Å². The molecule has 2 rings (SSSR count). The van der Waals surface area contributed by atoms with Gasteiger partial charge in [0.1, 0.15) is 11.3 Å². The van der Waals surface area contributed by atoms with Gasteiger partial charge >= 0.3 is 5.97 Å². The number of hydrogen-bond donors (Lipinski definition) is 1. The lowest BCUT2D eigenvalue weighted by atomic mass is 10.1. The maximum atomic E-state index is 12.7. The van der Waals surface area contributed by atoms with Crippen LogP contribution in [0.25, 0.3) is 0 Å². The van der Waals surface area contributed by atoms with Crippen molar-refractivity contribution in [3.8, 4) is 5.75 Å². The maximum Gasteiger partial charge on any atom is 0.341 e. The zero-order valence-corrected chi connectivity index (χ0v) is 13.4. The summed E-state index contributed by atoms with van der Waals surface area (Å²) >= 11 is 0. The SMILES string of the molecule is COC(=O)c1ccc(S(=O)(=O)N2CCCC(N)C2)cc1OC. The van der Waals surface area contributed by atoms with Crippen molar-refractivity contribution in [3.05, 3.63) is 23.8 Å². The van der Waals surface area contributed by atoms with E-state index in [9.17, 15) is 13.2 Å². The minimum Gasteiger partial charge on any atom is -0.496 e. The zero-order chi connectivity index (χ0) is 16.3. The average molecular weight is 328 g/mol. The van der Waals surface area contributed by atoms with Gasteiger partial charge in [-0.15, -0.1) is 0 Å². The molecule has 22 heavy (non-hydrogen) atoms. The minimum absolute atomic E-state index is 0.0751. The molecule has 1 atom stereocenters. The third-order valence-electron chi connectivity index (χ3n) is 3.64. The number of piperidine rings is 1. The molecule has 1 aliphatic heterocycles. The van der Waals surface area contributed by atoms with Crippen LogP contribution in [-0.4, -0.2) is 52.0 Å². The predicted molar refractivity (Wildman–Crippen MR) is 80.3 cm³/mol. The van der Waals surface area contributed by atoms with Crippen LogP contribution in [0.2, 0.25) is 0 Å². The average Bonchev–Trinajstić information content (AvgIpc) is 2.53. The summed E-state index contributed by atoms with van der Waals surface area (Å²) in [5.74, 6) is -0.421. The van der Waals surface area contributed by atoms with Gasteiger partial charge in [-0.1, -0.05) is 0 Å². The van der Waals surface area contributed by atoms with Gasteiger partial charge in [0, 0.05) is 25.2 Å². The summed E-state index contributed by atoms with van der Waals surface area (Å²) in [7, 11) is -1.03. The molecule has 1 fully saturated rings. The number of nitrogens with zero attached hydrogens (tertiary/aromatic N) is 1. The monoisotopic (exact) mass is 328 g/mol. The van der Waals surface area contributed by atoms with Crippen molar-refractivity contribution in [3.63, 3.8) is 0 Å². The number of hydrogen-bond acceptors (Lipinski definition) is 6. The molecule has 122 valence electrons. The van der Waals surface area contributed by atoms with Crippen molar-refractivity contribution in [2.75, 3.05) is 27.3 Å². The number of ether oxygens (including phenoxy) is 2. The number of esters is 1. The lowest BCUT2D eigenvalue weighted by molar-refractivity contribution is 0.0597. The smallest absolute Gasteiger partial charge is 0.341 e. The minimum atomic E-state index is -3.66.